The van der Waals surface area contributed by atoms with Crippen LogP contribution >= 0.6 is 11.3 Å². The number of aliphatic imine (C=N–C) groups is 1. The minimum atomic E-state index is -0.744. The zero-order valence-electron chi connectivity index (χ0n) is 14.3. The van der Waals surface area contributed by atoms with Crippen molar-refractivity contribution in [3.05, 3.63) is 87.1 Å². The van der Waals surface area contributed by atoms with Gasteiger partial charge < -0.3 is 5.11 Å². The quantitative estimate of drug-likeness (QED) is 0.519. The summed E-state index contributed by atoms with van der Waals surface area (Å²) in [6.07, 6.45) is 1.17. The molecule has 28 heavy (non-hydrogen) atoms. The molecule has 0 radical (unpaired) electrons. The Morgan fingerprint density at radius 3 is 2.39 bits per heavy atom. The Morgan fingerprint density at radius 1 is 1.00 bits per heavy atom. The molecular weight excluding hydrogens is 378 g/mol. The van der Waals surface area contributed by atoms with Gasteiger partial charge >= 0.3 is 5.69 Å². The molecule has 0 saturated heterocycles. The molecule has 0 unspecified atom stereocenters. The van der Waals surface area contributed by atoms with E-state index in [1.54, 1.807) is 30.3 Å². The van der Waals surface area contributed by atoms with Crippen LogP contribution in [0.3, 0.4) is 0 Å². The third-order valence-corrected chi connectivity index (χ3v) is 4.75. The summed E-state index contributed by atoms with van der Waals surface area (Å²) < 4.78 is 0.998. The summed E-state index contributed by atoms with van der Waals surface area (Å²) >= 11 is 1.24. The summed E-state index contributed by atoms with van der Waals surface area (Å²) in [4.78, 5) is 30.6. The Bertz CT molecular complexity index is 1260. The van der Waals surface area contributed by atoms with E-state index in [1.807, 2.05) is 30.3 Å². The Hall–Kier alpha value is -3.85. The van der Waals surface area contributed by atoms with Gasteiger partial charge in [-0.15, -0.1) is 10.2 Å². The zero-order chi connectivity index (χ0) is 19.5. The fraction of sp³-hybridized carbons (Fsp3) is 0. The molecule has 4 rings (SSSR count). The second-order valence-electron chi connectivity index (χ2n) is 5.68. The monoisotopic (exact) mass is 391 g/mol. The van der Waals surface area contributed by atoms with E-state index in [2.05, 4.69) is 20.2 Å². The molecule has 9 heteroatoms. The van der Waals surface area contributed by atoms with Crippen LogP contribution in [-0.2, 0) is 0 Å². The van der Waals surface area contributed by atoms with Crippen molar-refractivity contribution >= 4 is 22.7 Å². The highest BCUT2D eigenvalue weighted by Gasteiger charge is 2.14. The highest BCUT2D eigenvalue weighted by atomic mass is 32.1. The van der Waals surface area contributed by atoms with Crippen molar-refractivity contribution < 1.29 is 5.11 Å². The normalized spacial score (nSPS) is 11.1. The molecule has 0 aliphatic carbocycles. The number of benzene rings is 2. The van der Waals surface area contributed by atoms with Crippen molar-refractivity contribution in [1.29, 1.82) is 0 Å². The molecule has 0 aliphatic rings. The second kappa shape index (κ2) is 7.41. The highest BCUT2D eigenvalue weighted by Crippen LogP contribution is 2.27. The van der Waals surface area contributed by atoms with Crippen LogP contribution in [0.25, 0.3) is 16.3 Å². The van der Waals surface area contributed by atoms with Crippen LogP contribution in [0.2, 0.25) is 0 Å². The van der Waals surface area contributed by atoms with Crippen LogP contribution < -0.4 is 11.2 Å². The number of nitrogens with one attached hydrogen (secondary N) is 1. The molecule has 2 aromatic carbocycles. The molecular formula is C19H13N5O3S. The molecule has 8 nitrogen and oxygen atoms in total. The van der Waals surface area contributed by atoms with Gasteiger partial charge in [0.15, 0.2) is 0 Å². The van der Waals surface area contributed by atoms with Gasteiger partial charge in [-0.1, -0.05) is 59.9 Å². The van der Waals surface area contributed by atoms with Crippen LogP contribution in [-0.4, -0.2) is 31.1 Å². The number of rotatable bonds is 4. The first-order valence-electron chi connectivity index (χ1n) is 8.20. The molecule has 0 spiro atoms. The summed E-state index contributed by atoms with van der Waals surface area (Å²) in [5.74, 6) is -0.503. The van der Waals surface area contributed by atoms with E-state index in [0.29, 0.717) is 15.8 Å². The van der Waals surface area contributed by atoms with Gasteiger partial charge in [-0.2, -0.15) is 0 Å². The second-order valence-corrected chi connectivity index (χ2v) is 6.64. The van der Waals surface area contributed by atoms with Crippen molar-refractivity contribution in [1.82, 2.24) is 19.7 Å². The number of aromatic amines is 1. The smallest absolute Gasteiger partial charge is 0.335 e. The predicted molar refractivity (Wildman–Crippen MR) is 107 cm³/mol. The standard InChI is InChI=1S/C19H13N5O3S/c25-15-14(17(26)24(19(27)21-15)13-9-5-2-6-10-13)11-20-18-23-22-16(28-18)12-7-3-1-4-8-12/h1-11,26H,(H,21,25,27). The van der Waals surface area contributed by atoms with Gasteiger partial charge in [0.2, 0.25) is 11.0 Å². The van der Waals surface area contributed by atoms with Gasteiger partial charge in [-0.05, 0) is 12.1 Å². The van der Waals surface area contributed by atoms with Crippen molar-refractivity contribution in [2.45, 2.75) is 0 Å². The first kappa shape index (κ1) is 17.6. The molecule has 0 atom stereocenters. The molecule has 0 saturated carbocycles. The van der Waals surface area contributed by atoms with Crippen LogP contribution in [0.1, 0.15) is 5.56 Å². The van der Waals surface area contributed by atoms with Gasteiger partial charge in [0.1, 0.15) is 10.6 Å². The minimum Gasteiger partial charge on any atom is -0.493 e. The number of hydrogen-bond acceptors (Lipinski definition) is 7. The molecule has 0 amide bonds. The Morgan fingerprint density at radius 2 is 1.68 bits per heavy atom. The number of aromatic hydroxyl groups is 1. The van der Waals surface area contributed by atoms with E-state index in [1.165, 1.54) is 17.6 Å². The molecule has 2 heterocycles. The number of aromatic nitrogens is 4. The first-order chi connectivity index (χ1) is 13.6. The maximum absolute atomic E-state index is 12.1. The Kier molecular flexibility index (Phi) is 4.65. The number of para-hydroxylation sites is 1. The first-order valence-corrected chi connectivity index (χ1v) is 9.02. The van der Waals surface area contributed by atoms with Gasteiger partial charge in [-0.25, -0.2) is 14.4 Å². The van der Waals surface area contributed by atoms with Crippen LogP contribution in [0.15, 0.2) is 75.2 Å². The van der Waals surface area contributed by atoms with Crippen molar-refractivity contribution in [2.75, 3.05) is 0 Å². The summed E-state index contributed by atoms with van der Waals surface area (Å²) in [5, 5.41) is 19.5. The van der Waals surface area contributed by atoms with Crippen molar-refractivity contribution in [2.24, 2.45) is 4.99 Å². The third-order valence-electron chi connectivity index (χ3n) is 3.87. The van der Waals surface area contributed by atoms with Crippen molar-refractivity contribution in [3.63, 3.8) is 0 Å². The average molecular weight is 391 g/mol. The summed E-state index contributed by atoms with van der Waals surface area (Å²) in [7, 11) is 0. The molecule has 138 valence electrons. The molecule has 4 aromatic rings. The van der Waals surface area contributed by atoms with E-state index >= 15 is 0 Å². The number of H-pyrrole nitrogens is 1. The van der Waals surface area contributed by atoms with Crippen LogP contribution in [0.5, 0.6) is 5.88 Å². The predicted octanol–water partition coefficient (Wildman–Crippen LogP) is 2.50. The minimum absolute atomic E-state index is 0.153. The average Bonchev–Trinajstić information content (AvgIpc) is 3.18. The number of hydrogen-bond donors (Lipinski definition) is 2. The van der Waals surface area contributed by atoms with E-state index in [9.17, 15) is 14.7 Å². The van der Waals surface area contributed by atoms with Gasteiger partial charge in [0, 0.05) is 11.8 Å². The van der Waals surface area contributed by atoms with Gasteiger partial charge in [0.05, 0.1) is 5.69 Å². The lowest BCUT2D eigenvalue weighted by Crippen LogP contribution is -2.31. The fourth-order valence-corrected chi connectivity index (χ4v) is 3.25. The SMILES string of the molecule is O=c1[nH]c(=O)n(-c2ccccc2)c(O)c1C=Nc1nnc(-c2ccccc2)s1. The lowest BCUT2D eigenvalue weighted by molar-refractivity contribution is 0.430. The molecule has 0 bridgehead atoms. The Labute approximate surface area is 162 Å². The topological polar surface area (TPSA) is 113 Å². The molecule has 2 N–H and O–H groups in total. The maximum Gasteiger partial charge on any atom is 0.335 e. The summed E-state index contributed by atoms with van der Waals surface area (Å²) in [6.45, 7) is 0. The van der Waals surface area contributed by atoms with Gasteiger partial charge in [-0.3, -0.25) is 9.78 Å². The lowest BCUT2D eigenvalue weighted by Gasteiger charge is -2.08. The summed E-state index contributed by atoms with van der Waals surface area (Å²) in [6, 6.07) is 18.0. The van der Waals surface area contributed by atoms with E-state index < -0.39 is 17.1 Å². The van der Waals surface area contributed by atoms with E-state index in [0.717, 1.165) is 10.1 Å². The van der Waals surface area contributed by atoms with Gasteiger partial charge in [0.25, 0.3) is 5.56 Å². The lowest BCUT2D eigenvalue weighted by atomic mass is 10.2. The molecule has 0 fully saturated rings. The zero-order valence-corrected chi connectivity index (χ0v) is 15.1. The fourth-order valence-electron chi connectivity index (χ4n) is 2.56. The van der Waals surface area contributed by atoms with Crippen molar-refractivity contribution in [3.8, 4) is 22.1 Å². The van der Waals surface area contributed by atoms with Crippen LogP contribution in [0, 0.1) is 0 Å². The largest absolute Gasteiger partial charge is 0.493 e. The Balaban J connectivity index is 1.72. The molecule has 0 aliphatic heterocycles. The summed E-state index contributed by atoms with van der Waals surface area (Å²) in [5.41, 5.74) is -0.322. The van der Waals surface area contributed by atoms with Crippen LogP contribution in [0.4, 0.5) is 5.13 Å². The van der Waals surface area contributed by atoms with E-state index in [-0.39, 0.29) is 5.56 Å². The van der Waals surface area contributed by atoms with E-state index in [4.69, 9.17) is 0 Å². The maximum atomic E-state index is 12.1. The third kappa shape index (κ3) is 3.38. The highest BCUT2D eigenvalue weighted by molar-refractivity contribution is 7.18. The molecule has 2 aromatic heterocycles. The number of nitrogens with zero attached hydrogens (tertiary/aromatic N) is 4.